The molecule has 1 aromatic carbocycles. The van der Waals surface area contributed by atoms with Crippen molar-refractivity contribution in [3.8, 4) is 0 Å². The molecule has 5 nitrogen and oxygen atoms in total. The second kappa shape index (κ2) is 9.15. The molecule has 0 saturated carbocycles. The van der Waals surface area contributed by atoms with Crippen molar-refractivity contribution in [3.63, 3.8) is 0 Å². The molecule has 2 heterocycles. The summed E-state index contributed by atoms with van der Waals surface area (Å²) in [5.41, 5.74) is 3.60. The van der Waals surface area contributed by atoms with Gasteiger partial charge < -0.3 is 10.2 Å². The minimum absolute atomic E-state index is 0.0243. The normalized spacial score (nSPS) is 14.7. The summed E-state index contributed by atoms with van der Waals surface area (Å²) in [6.45, 7) is 5.52. The van der Waals surface area contributed by atoms with Gasteiger partial charge in [-0.2, -0.15) is 11.3 Å². The van der Waals surface area contributed by atoms with E-state index in [0.717, 1.165) is 16.7 Å². The van der Waals surface area contributed by atoms with Gasteiger partial charge in [-0.25, -0.2) is 0 Å². The van der Waals surface area contributed by atoms with Gasteiger partial charge in [0.05, 0.1) is 0 Å². The lowest BCUT2D eigenvalue weighted by Gasteiger charge is -2.31. The monoisotopic (exact) mass is 398 g/mol. The first-order valence-electron chi connectivity index (χ1n) is 9.65. The molecule has 0 unspecified atom stereocenters. The predicted molar refractivity (Wildman–Crippen MR) is 111 cm³/mol. The Morgan fingerprint density at radius 1 is 1.14 bits per heavy atom. The molecular formula is C22H26N2O3S. The Morgan fingerprint density at radius 2 is 1.89 bits per heavy atom. The number of rotatable bonds is 6. The van der Waals surface area contributed by atoms with Crippen LogP contribution >= 0.6 is 11.3 Å². The Hall–Kier alpha value is -2.47. The van der Waals surface area contributed by atoms with E-state index in [9.17, 15) is 14.4 Å². The van der Waals surface area contributed by atoms with Crippen molar-refractivity contribution in [2.75, 3.05) is 19.6 Å². The van der Waals surface area contributed by atoms with E-state index in [2.05, 4.69) is 5.32 Å². The fraction of sp³-hybridized carbons (Fsp3) is 0.409. The van der Waals surface area contributed by atoms with Crippen molar-refractivity contribution in [2.45, 2.75) is 33.1 Å². The van der Waals surface area contributed by atoms with Crippen LogP contribution in [0.25, 0.3) is 0 Å². The number of amides is 2. The summed E-state index contributed by atoms with van der Waals surface area (Å²) in [6, 6.07) is 7.69. The van der Waals surface area contributed by atoms with Crippen LogP contribution in [0.2, 0.25) is 0 Å². The summed E-state index contributed by atoms with van der Waals surface area (Å²) < 4.78 is 0. The molecule has 1 aromatic heterocycles. The smallest absolute Gasteiger partial charge is 0.252 e. The summed E-state index contributed by atoms with van der Waals surface area (Å²) in [5.74, 6) is 0.0474. The second-order valence-corrected chi connectivity index (χ2v) is 8.14. The Morgan fingerprint density at radius 3 is 2.54 bits per heavy atom. The lowest BCUT2D eigenvalue weighted by molar-refractivity contribution is -0.132. The maximum Gasteiger partial charge on any atom is 0.252 e. The van der Waals surface area contributed by atoms with Crippen molar-refractivity contribution in [2.24, 2.45) is 5.92 Å². The van der Waals surface area contributed by atoms with Crippen molar-refractivity contribution in [3.05, 3.63) is 57.3 Å². The van der Waals surface area contributed by atoms with Gasteiger partial charge in [0.15, 0.2) is 5.78 Å². The van der Waals surface area contributed by atoms with E-state index in [0.29, 0.717) is 38.0 Å². The molecular weight excluding hydrogens is 372 g/mol. The summed E-state index contributed by atoms with van der Waals surface area (Å²) >= 11 is 1.47. The number of Topliss-reactive ketones (excluding diaryl/α,β-unsaturated/α-hetero) is 1. The number of carbonyl (C=O) groups excluding carboxylic acids is 3. The molecule has 148 valence electrons. The zero-order valence-electron chi connectivity index (χ0n) is 16.4. The van der Waals surface area contributed by atoms with E-state index in [1.807, 2.05) is 42.3 Å². The molecule has 3 rings (SSSR count). The van der Waals surface area contributed by atoms with Crippen LogP contribution in [-0.4, -0.2) is 42.1 Å². The summed E-state index contributed by atoms with van der Waals surface area (Å²) in [4.78, 5) is 38.9. The fourth-order valence-corrected chi connectivity index (χ4v) is 4.27. The first-order chi connectivity index (χ1) is 13.5. The van der Waals surface area contributed by atoms with E-state index >= 15 is 0 Å². The topological polar surface area (TPSA) is 66.5 Å². The average molecular weight is 399 g/mol. The standard InChI is InChI=1S/C22H26N2O3S/c1-15-3-4-19(16(2)13-15)21(26)17-6-10-24(11-7-17)20(25)5-9-23-22(27)18-8-12-28-14-18/h3-4,8,12-14,17H,5-7,9-11H2,1-2H3,(H,23,27). The van der Waals surface area contributed by atoms with Crippen LogP contribution < -0.4 is 5.32 Å². The first-order valence-corrected chi connectivity index (χ1v) is 10.6. The van der Waals surface area contributed by atoms with Crippen LogP contribution in [-0.2, 0) is 4.79 Å². The lowest BCUT2D eigenvalue weighted by Crippen LogP contribution is -2.41. The Bertz CT molecular complexity index is 853. The molecule has 1 aliphatic heterocycles. The largest absolute Gasteiger partial charge is 0.351 e. The second-order valence-electron chi connectivity index (χ2n) is 7.36. The van der Waals surface area contributed by atoms with Crippen molar-refractivity contribution in [1.82, 2.24) is 10.2 Å². The van der Waals surface area contributed by atoms with E-state index in [1.165, 1.54) is 11.3 Å². The molecule has 2 aromatic rings. The number of thiophene rings is 1. The summed E-state index contributed by atoms with van der Waals surface area (Å²) in [5, 5.41) is 6.42. The first kappa shape index (κ1) is 20.3. The van der Waals surface area contributed by atoms with Gasteiger partial charge in [0.1, 0.15) is 0 Å². The van der Waals surface area contributed by atoms with Crippen LogP contribution in [0.3, 0.4) is 0 Å². The van der Waals surface area contributed by atoms with Gasteiger partial charge in [-0.1, -0.05) is 23.8 Å². The number of nitrogens with zero attached hydrogens (tertiary/aromatic N) is 1. The fourth-order valence-electron chi connectivity index (χ4n) is 3.64. The molecule has 1 fully saturated rings. The predicted octanol–water partition coefficient (Wildman–Crippen LogP) is 3.61. The molecule has 1 aliphatic rings. The lowest BCUT2D eigenvalue weighted by atomic mass is 9.87. The number of carbonyl (C=O) groups is 3. The molecule has 0 bridgehead atoms. The van der Waals surface area contributed by atoms with E-state index in [-0.39, 0.29) is 29.9 Å². The highest BCUT2D eigenvalue weighted by Gasteiger charge is 2.28. The molecule has 1 saturated heterocycles. The van der Waals surface area contributed by atoms with Gasteiger partial charge in [0, 0.05) is 48.5 Å². The minimum atomic E-state index is -0.146. The van der Waals surface area contributed by atoms with E-state index in [1.54, 1.807) is 11.4 Å². The molecule has 28 heavy (non-hydrogen) atoms. The SMILES string of the molecule is Cc1ccc(C(=O)C2CCN(C(=O)CCNC(=O)c3ccsc3)CC2)c(C)c1. The van der Waals surface area contributed by atoms with Gasteiger partial charge in [-0.3, -0.25) is 14.4 Å². The number of nitrogens with one attached hydrogen (secondary N) is 1. The van der Waals surface area contributed by atoms with E-state index < -0.39 is 0 Å². The van der Waals surface area contributed by atoms with Crippen molar-refractivity contribution in [1.29, 1.82) is 0 Å². The zero-order valence-corrected chi connectivity index (χ0v) is 17.2. The van der Waals surface area contributed by atoms with Crippen molar-refractivity contribution < 1.29 is 14.4 Å². The maximum atomic E-state index is 12.8. The molecule has 2 amide bonds. The Balaban J connectivity index is 1.44. The van der Waals surface area contributed by atoms with Gasteiger partial charge in [0.25, 0.3) is 5.91 Å². The van der Waals surface area contributed by atoms with Crippen LogP contribution in [0.4, 0.5) is 0 Å². The molecule has 0 spiro atoms. The highest BCUT2D eigenvalue weighted by molar-refractivity contribution is 7.08. The highest BCUT2D eigenvalue weighted by atomic mass is 32.1. The third-order valence-corrected chi connectivity index (χ3v) is 5.96. The van der Waals surface area contributed by atoms with Crippen LogP contribution in [0.15, 0.2) is 35.0 Å². The number of ketones is 1. The molecule has 0 atom stereocenters. The van der Waals surface area contributed by atoms with Crippen LogP contribution in [0.1, 0.15) is 51.1 Å². The third-order valence-electron chi connectivity index (χ3n) is 5.27. The highest BCUT2D eigenvalue weighted by Crippen LogP contribution is 2.24. The molecule has 6 heteroatoms. The van der Waals surface area contributed by atoms with Crippen molar-refractivity contribution >= 4 is 28.9 Å². The molecule has 0 aliphatic carbocycles. The van der Waals surface area contributed by atoms with E-state index in [4.69, 9.17) is 0 Å². The summed E-state index contributed by atoms with van der Waals surface area (Å²) in [7, 11) is 0. The number of benzene rings is 1. The number of aryl methyl sites for hydroxylation is 2. The van der Waals surface area contributed by atoms with Gasteiger partial charge in [-0.05, 0) is 43.7 Å². The number of piperidine rings is 1. The van der Waals surface area contributed by atoms with Gasteiger partial charge in [-0.15, -0.1) is 0 Å². The number of hydrogen-bond donors (Lipinski definition) is 1. The maximum absolute atomic E-state index is 12.8. The van der Waals surface area contributed by atoms with Crippen LogP contribution in [0, 0.1) is 19.8 Å². The van der Waals surface area contributed by atoms with Gasteiger partial charge in [0.2, 0.25) is 5.91 Å². The zero-order chi connectivity index (χ0) is 20.1. The minimum Gasteiger partial charge on any atom is -0.351 e. The molecule has 1 N–H and O–H groups in total. The third kappa shape index (κ3) is 4.87. The Labute approximate surface area is 169 Å². The Kier molecular flexibility index (Phi) is 6.62. The quantitative estimate of drug-likeness (QED) is 0.756. The van der Waals surface area contributed by atoms with Gasteiger partial charge >= 0.3 is 0 Å². The average Bonchev–Trinajstić information content (AvgIpc) is 3.22. The summed E-state index contributed by atoms with van der Waals surface area (Å²) in [6.07, 6.45) is 1.67. The van der Waals surface area contributed by atoms with Crippen LogP contribution in [0.5, 0.6) is 0 Å². The molecule has 0 radical (unpaired) electrons. The number of likely N-dealkylation sites (tertiary alicyclic amines) is 1. The number of hydrogen-bond acceptors (Lipinski definition) is 4.